The largest absolute Gasteiger partial charge is 0.462 e. The minimum atomic E-state index is -0.765. The van der Waals surface area contributed by atoms with Crippen LogP contribution in [0.2, 0.25) is 0 Å². The summed E-state index contributed by atoms with van der Waals surface area (Å²) in [4.78, 5) is 38.3. The van der Waals surface area contributed by atoms with Gasteiger partial charge >= 0.3 is 17.9 Å². The summed E-state index contributed by atoms with van der Waals surface area (Å²) in [6.45, 7) is 13.8. The standard InChI is InChI=1S/C66H128O6/c1-7-62(6)54-48-42-36-30-23-19-15-10-8-9-11-16-20-24-31-37-43-49-55-64(67)70-58-63(72-66(69)57-51-45-39-33-27-26-29-35-41-47-53-61(4)5)59-71-65(68)56-50-44-38-32-25-21-17-13-12-14-18-22-28-34-40-46-52-60(2)3/h60-63H,7-59H2,1-6H3/t62?,63-/m1/s1. The van der Waals surface area contributed by atoms with Gasteiger partial charge in [0.15, 0.2) is 6.10 Å². The first-order valence-electron chi connectivity index (χ1n) is 32.6. The molecule has 0 aliphatic carbocycles. The Bertz CT molecular complexity index is 1120. The molecule has 0 saturated carbocycles. The molecule has 72 heavy (non-hydrogen) atoms. The molecule has 0 aliphatic heterocycles. The lowest BCUT2D eigenvalue weighted by Crippen LogP contribution is -2.30. The third-order valence-electron chi connectivity index (χ3n) is 15.5. The van der Waals surface area contributed by atoms with Crippen LogP contribution in [-0.2, 0) is 28.6 Å². The Balaban J connectivity index is 4.23. The van der Waals surface area contributed by atoms with Crippen molar-refractivity contribution >= 4 is 17.9 Å². The number of carbonyl (C=O) groups excluding carboxylic acids is 3. The molecule has 428 valence electrons. The van der Waals surface area contributed by atoms with Gasteiger partial charge in [-0.3, -0.25) is 14.4 Å². The van der Waals surface area contributed by atoms with Crippen LogP contribution >= 0.6 is 0 Å². The minimum Gasteiger partial charge on any atom is -0.462 e. The molecular weight excluding hydrogens is 889 g/mol. The highest BCUT2D eigenvalue weighted by molar-refractivity contribution is 5.71. The average molecular weight is 1020 g/mol. The molecular formula is C66H128O6. The maximum Gasteiger partial charge on any atom is 0.306 e. The molecule has 0 aromatic heterocycles. The van der Waals surface area contributed by atoms with Crippen molar-refractivity contribution in [1.29, 1.82) is 0 Å². The number of unbranched alkanes of at least 4 members (excludes halogenated alkanes) is 41. The van der Waals surface area contributed by atoms with Gasteiger partial charge in [0, 0.05) is 19.3 Å². The molecule has 2 atom stereocenters. The summed E-state index contributed by atoms with van der Waals surface area (Å²) < 4.78 is 17.0. The van der Waals surface area contributed by atoms with Crippen molar-refractivity contribution in [2.24, 2.45) is 17.8 Å². The second kappa shape index (κ2) is 57.1. The predicted octanol–water partition coefficient (Wildman–Crippen LogP) is 21.8. The molecule has 0 N–H and O–H groups in total. The van der Waals surface area contributed by atoms with Crippen LogP contribution in [0.1, 0.15) is 369 Å². The lowest BCUT2D eigenvalue weighted by molar-refractivity contribution is -0.167. The maximum atomic E-state index is 12.9. The molecule has 0 rings (SSSR count). The Hall–Kier alpha value is -1.59. The highest BCUT2D eigenvalue weighted by atomic mass is 16.6. The first-order chi connectivity index (χ1) is 35.1. The van der Waals surface area contributed by atoms with Gasteiger partial charge < -0.3 is 14.2 Å². The Morgan fingerprint density at radius 1 is 0.278 bits per heavy atom. The first kappa shape index (κ1) is 70.4. The van der Waals surface area contributed by atoms with Crippen LogP contribution in [0.5, 0.6) is 0 Å². The molecule has 6 nitrogen and oxygen atoms in total. The third-order valence-corrected chi connectivity index (χ3v) is 15.5. The highest BCUT2D eigenvalue weighted by Crippen LogP contribution is 2.20. The molecule has 6 heteroatoms. The van der Waals surface area contributed by atoms with Crippen molar-refractivity contribution < 1.29 is 28.6 Å². The van der Waals surface area contributed by atoms with Gasteiger partial charge in [0.2, 0.25) is 0 Å². The number of hydrogen-bond acceptors (Lipinski definition) is 6. The second-order valence-corrected chi connectivity index (χ2v) is 24.0. The Morgan fingerprint density at radius 2 is 0.486 bits per heavy atom. The van der Waals surface area contributed by atoms with Crippen LogP contribution in [-0.4, -0.2) is 37.2 Å². The normalized spacial score (nSPS) is 12.5. The fourth-order valence-electron chi connectivity index (χ4n) is 10.2. The molecule has 0 aromatic rings. The summed E-state index contributed by atoms with van der Waals surface area (Å²) in [5, 5.41) is 0. The van der Waals surface area contributed by atoms with E-state index in [4.69, 9.17) is 14.2 Å². The zero-order valence-electron chi connectivity index (χ0n) is 49.7. The summed E-state index contributed by atoms with van der Waals surface area (Å²) in [6, 6.07) is 0. The Morgan fingerprint density at radius 3 is 0.722 bits per heavy atom. The monoisotopic (exact) mass is 1020 g/mol. The number of ether oxygens (including phenoxy) is 3. The van der Waals surface area contributed by atoms with E-state index < -0.39 is 6.10 Å². The smallest absolute Gasteiger partial charge is 0.306 e. The second-order valence-electron chi connectivity index (χ2n) is 24.0. The quantitative estimate of drug-likeness (QED) is 0.0343. The van der Waals surface area contributed by atoms with E-state index in [9.17, 15) is 14.4 Å². The molecule has 0 aliphatic rings. The van der Waals surface area contributed by atoms with Crippen molar-refractivity contribution in [3.8, 4) is 0 Å². The van der Waals surface area contributed by atoms with Gasteiger partial charge in [-0.15, -0.1) is 0 Å². The highest BCUT2D eigenvalue weighted by Gasteiger charge is 2.19. The van der Waals surface area contributed by atoms with Crippen LogP contribution in [0.15, 0.2) is 0 Å². The van der Waals surface area contributed by atoms with E-state index in [2.05, 4.69) is 41.5 Å². The summed E-state index contributed by atoms with van der Waals surface area (Å²) in [7, 11) is 0. The first-order valence-corrected chi connectivity index (χ1v) is 32.6. The predicted molar refractivity (Wildman–Crippen MR) is 312 cm³/mol. The molecule has 0 heterocycles. The van der Waals surface area contributed by atoms with E-state index in [1.165, 1.54) is 250 Å². The molecule has 0 spiro atoms. The Kier molecular flexibility index (Phi) is 55.9. The number of carbonyl (C=O) groups is 3. The van der Waals surface area contributed by atoms with Gasteiger partial charge in [0.05, 0.1) is 0 Å². The van der Waals surface area contributed by atoms with Gasteiger partial charge in [-0.25, -0.2) is 0 Å². The van der Waals surface area contributed by atoms with E-state index in [1.807, 2.05) is 0 Å². The number of esters is 3. The number of rotatable bonds is 59. The van der Waals surface area contributed by atoms with E-state index in [0.29, 0.717) is 19.3 Å². The topological polar surface area (TPSA) is 78.9 Å². The van der Waals surface area contributed by atoms with Crippen molar-refractivity contribution in [3.05, 3.63) is 0 Å². The summed E-state index contributed by atoms with van der Waals surface area (Å²) in [5.74, 6) is 1.74. The van der Waals surface area contributed by atoms with Gasteiger partial charge in [-0.1, -0.05) is 330 Å². The van der Waals surface area contributed by atoms with Crippen molar-refractivity contribution in [2.75, 3.05) is 13.2 Å². The van der Waals surface area contributed by atoms with Gasteiger partial charge in [-0.05, 0) is 37.0 Å². The van der Waals surface area contributed by atoms with Crippen LogP contribution in [0.25, 0.3) is 0 Å². The van der Waals surface area contributed by atoms with Crippen molar-refractivity contribution in [2.45, 2.75) is 375 Å². The average Bonchev–Trinajstić information content (AvgIpc) is 3.36. The van der Waals surface area contributed by atoms with Crippen LogP contribution in [0.4, 0.5) is 0 Å². The van der Waals surface area contributed by atoms with Gasteiger partial charge in [-0.2, -0.15) is 0 Å². The Labute approximate surface area is 450 Å². The third kappa shape index (κ3) is 57.7. The fourth-order valence-corrected chi connectivity index (χ4v) is 10.2. The van der Waals surface area contributed by atoms with E-state index >= 15 is 0 Å². The molecule has 0 radical (unpaired) electrons. The fraction of sp³-hybridized carbons (Fsp3) is 0.955. The summed E-state index contributed by atoms with van der Waals surface area (Å²) >= 11 is 0. The SMILES string of the molecule is CCC(C)CCCCCCCCCCCCCCCCCCCCC(=O)OC[C@H](COC(=O)CCCCCCCCCCCCCCCCCCC(C)C)OC(=O)CCCCCCCCCCCCC(C)C. The van der Waals surface area contributed by atoms with Crippen molar-refractivity contribution in [1.82, 2.24) is 0 Å². The zero-order valence-corrected chi connectivity index (χ0v) is 49.7. The molecule has 0 amide bonds. The maximum absolute atomic E-state index is 12.9. The molecule has 0 fully saturated rings. The molecule has 0 bridgehead atoms. The van der Waals surface area contributed by atoms with Crippen molar-refractivity contribution in [3.63, 3.8) is 0 Å². The number of hydrogen-bond donors (Lipinski definition) is 0. The van der Waals surface area contributed by atoms with Gasteiger partial charge in [0.1, 0.15) is 13.2 Å². The van der Waals surface area contributed by atoms with Gasteiger partial charge in [0.25, 0.3) is 0 Å². The van der Waals surface area contributed by atoms with Crippen LogP contribution in [0, 0.1) is 17.8 Å². The zero-order chi connectivity index (χ0) is 52.6. The van der Waals surface area contributed by atoms with Crippen LogP contribution < -0.4 is 0 Å². The van der Waals surface area contributed by atoms with Crippen LogP contribution in [0.3, 0.4) is 0 Å². The lowest BCUT2D eigenvalue weighted by atomic mass is 9.99. The molecule has 0 aromatic carbocycles. The minimum absolute atomic E-state index is 0.0628. The lowest BCUT2D eigenvalue weighted by Gasteiger charge is -2.18. The summed E-state index contributed by atoms with van der Waals surface area (Å²) in [6.07, 6.45) is 62.5. The van der Waals surface area contributed by atoms with E-state index in [1.54, 1.807) is 0 Å². The summed E-state index contributed by atoms with van der Waals surface area (Å²) in [5.41, 5.74) is 0. The molecule has 1 unspecified atom stereocenters. The van der Waals surface area contributed by atoms with E-state index in [0.717, 1.165) is 75.5 Å². The molecule has 0 saturated heterocycles. The van der Waals surface area contributed by atoms with E-state index in [-0.39, 0.29) is 31.1 Å².